The smallest absolute Gasteiger partial charge is 0.255 e. The number of hydrogen-bond acceptors (Lipinski definition) is 10. The fourth-order valence-corrected chi connectivity index (χ4v) is 6.35. The number of aromatic nitrogens is 1. The lowest BCUT2D eigenvalue weighted by Gasteiger charge is -2.53. The van der Waals surface area contributed by atoms with Gasteiger partial charge in [0.15, 0.2) is 11.4 Å². The second kappa shape index (κ2) is 8.48. The third-order valence-electron chi connectivity index (χ3n) is 8.07. The third-order valence-corrected chi connectivity index (χ3v) is 8.07. The number of benzene rings is 1. The molecule has 0 aliphatic heterocycles. The first kappa shape index (κ1) is 25.6. The molecule has 0 bridgehead atoms. The number of aromatic hydroxyl groups is 1. The SMILES string of the molecule is C[C@@H]1c2ccc(-c3ccccn3)c(O)c2C(O)=C2C(=O)[C@]3(O)C(O)=C(C(N)=O)C(=O)[C@@H](N(C)C)[C@@H]3[C@@H](O)[C@@H]21. The maximum Gasteiger partial charge on any atom is 0.255 e. The van der Waals surface area contributed by atoms with Gasteiger partial charge in [-0.1, -0.05) is 19.1 Å². The number of phenols is 1. The first-order chi connectivity index (χ1) is 17.8. The summed E-state index contributed by atoms with van der Waals surface area (Å²) in [7, 11) is 2.92. The molecule has 2 aromatic rings. The summed E-state index contributed by atoms with van der Waals surface area (Å²) in [6, 6.07) is 6.92. The molecule has 7 N–H and O–H groups in total. The lowest BCUT2D eigenvalue weighted by molar-refractivity contribution is -0.169. The van der Waals surface area contributed by atoms with Crippen molar-refractivity contribution in [2.24, 2.45) is 17.6 Å². The maximum absolute atomic E-state index is 14.0. The Morgan fingerprint density at radius 1 is 1.11 bits per heavy atom. The Hall–Kier alpha value is -4.06. The Kier molecular flexibility index (Phi) is 5.71. The van der Waals surface area contributed by atoms with Crippen LogP contribution in [0, 0.1) is 11.8 Å². The molecule has 1 heterocycles. The fraction of sp³-hybridized carbons (Fsp3) is 0.333. The van der Waals surface area contributed by atoms with Crippen LogP contribution in [0.4, 0.5) is 0 Å². The number of aliphatic hydroxyl groups excluding tert-OH is 3. The lowest BCUT2D eigenvalue weighted by atomic mass is 9.54. The van der Waals surface area contributed by atoms with E-state index in [2.05, 4.69) is 4.98 Å². The number of ketones is 2. The van der Waals surface area contributed by atoms with E-state index < -0.39 is 75.6 Å². The number of hydrogen-bond donors (Lipinski definition) is 6. The van der Waals surface area contributed by atoms with Crippen LogP contribution in [0.1, 0.15) is 24.0 Å². The van der Waals surface area contributed by atoms with Gasteiger partial charge in [0.2, 0.25) is 5.78 Å². The number of rotatable bonds is 3. The van der Waals surface area contributed by atoms with E-state index in [4.69, 9.17) is 5.73 Å². The second-order valence-electron chi connectivity index (χ2n) is 10.2. The zero-order valence-corrected chi connectivity index (χ0v) is 20.8. The average molecular weight is 522 g/mol. The molecule has 3 aliphatic carbocycles. The van der Waals surface area contributed by atoms with E-state index in [1.165, 1.54) is 25.2 Å². The van der Waals surface area contributed by atoms with E-state index in [1.807, 2.05) is 0 Å². The van der Waals surface area contributed by atoms with Crippen LogP contribution in [0.25, 0.3) is 17.0 Å². The number of phenolic OH excluding ortho intramolecular Hbond substituents is 1. The molecule has 1 aromatic heterocycles. The molecule has 0 radical (unpaired) electrons. The van der Waals surface area contributed by atoms with Gasteiger partial charge in [-0.2, -0.15) is 0 Å². The summed E-state index contributed by atoms with van der Waals surface area (Å²) in [5, 5.41) is 56.9. The third kappa shape index (κ3) is 3.12. The minimum atomic E-state index is -2.95. The standard InChI is InChI=1S/C27H27N3O8/c1-10-11-7-8-12(13-6-4-5-9-29-13)20(31)15(11)21(32)16-14(10)22(33)18-19(30(2)3)23(34)17(26(28)37)25(36)27(18,38)24(16)35/h4-10,14,18-19,22,31-33,36,38H,1-3H3,(H2,28,37)/t10-,14-,18-,19+,22+,27+/m1/s1. The van der Waals surface area contributed by atoms with Gasteiger partial charge >= 0.3 is 0 Å². The van der Waals surface area contributed by atoms with Crippen LogP contribution in [0.5, 0.6) is 5.75 Å². The van der Waals surface area contributed by atoms with Crippen molar-refractivity contribution in [2.45, 2.75) is 30.6 Å². The molecule has 1 saturated carbocycles. The number of Topliss-reactive ketones (excluding diaryl/α,β-unsaturated/α-hetero) is 2. The minimum absolute atomic E-state index is 0.0795. The van der Waals surface area contributed by atoms with Gasteiger partial charge in [-0.25, -0.2) is 0 Å². The van der Waals surface area contributed by atoms with Crippen molar-refractivity contribution in [1.29, 1.82) is 0 Å². The zero-order valence-electron chi connectivity index (χ0n) is 20.8. The summed E-state index contributed by atoms with van der Waals surface area (Å²) < 4.78 is 0. The molecule has 11 heteroatoms. The summed E-state index contributed by atoms with van der Waals surface area (Å²) >= 11 is 0. The van der Waals surface area contributed by atoms with E-state index in [1.54, 1.807) is 37.3 Å². The van der Waals surface area contributed by atoms with Crippen molar-refractivity contribution in [1.82, 2.24) is 9.88 Å². The lowest BCUT2D eigenvalue weighted by Crippen LogP contribution is -2.70. The van der Waals surface area contributed by atoms with Crippen LogP contribution in [0.2, 0.25) is 0 Å². The Labute approximate surface area is 217 Å². The van der Waals surface area contributed by atoms with Crippen LogP contribution in [0.15, 0.2) is 53.4 Å². The van der Waals surface area contributed by atoms with Gasteiger partial charge in [-0.05, 0) is 43.8 Å². The van der Waals surface area contributed by atoms with Crippen molar-refractivity contribution in [3.8, 4) is 17.0 Å². The van der Waals surface area contributed by atoms with Gasteiger partial charge in [-0.15, -0.1) is 0 Å². The second-order valence-corrected chi connectivity index (χ2v) is 10.2. The quantitative estimate of drug-likeness (QED) is 0.311. The fourth-order valence-electron chi connectivity index (χ4n) is 6.35. The van der Waals surface area contributed by atoms with Gasteiger partial charge < -0.3 is 31.3 Å². The van der Waals surface area contributed by atoms with Crippen molar-refractivity contribution in [2.75, 3.05) is 14.1 Å². The number of pyridine rings is 1. The number of carbonyl (C=O) groups excluding carboxylic acids is 3. The van der Waals surface area contributed by atoms with Gasteiger partial charge in [0.05, 0.1) is 29.3 Å². The first-order valence-corrected chi connectivity index (χ1v) is 12.0. The number of amides is 1. The number of nitrogens with zero attached hydrogens (tertiary/aromatic N) is 2. The molecule has 11 nitrogen and oxygen atoms in total. The van der Waals surface area contributed by atoms with Crippen molar-refractivity contribution >= 4 is 23.2 Å². The van der Waals surface area contributed by atoms with Gasteiger partial charge in [0.1, 0.15) is 22.8 Å². The molecular formula is C27H27N3O8. The largest absolute Gasteiger partial charge is 0.508 e. The number of carbonyl (C=O) groups is 3. The van der Waals surface area contributed by atoms with Crippen LogP contribution in [-0.2, 0) is 14.4 Å². The van der Waals surface area contributed by atoms with Crippen molar-refractivity contribution < 1.29 is 39.9 Å². The van der Waals surface area contributed by atoms with Crippen LogP contribution in [0.3, 0.4) is 0 Å². The van der Waals surface area contributed by atoms with E-state index in [0.717, 1.165) is 0 Å². The molecule has 1 fully saturated rings. The van der Waals surface area contributed by atoms with Gasteiger partial charge in [0.25, 0.3) is 5.91 Å². The Bertz CT molecular complexity index is 1460. The van der Waals surface area contributed by atoms with E-state index in [0.29, 0.717) is 11.3 Å². The molecule has 3 aliphatic rings. The molecule has 198 valence electrons. The Morgan fingerprint density at radius 2 is 1.79 bits per heavy atom. The molecule has 0 saturated heterocycles. The summed E-state index contributed by atoms with van der Waals surface area (Å²) in [5.74, 6) is -9.21. The summed E-state index contributed by atoms with van der Waals surface area (Å²) in [6.07, 6.45) is -0.109. The predicted molar refractivity (Wildman–Crippen MR) is 134 cm³/mol. The highest BCUT2D eigenvalue weighted by Crippen LogP contribution is 2.56. The van der Waals surface area contributed by atoms with Crippen LogP contribution < -0.4 is 5.73 Å². The number of nitrogens with two attached hydrogens (primary N) is 1. The van der Waals surface area contributed by atoms with Gasteiger partial charge in [0, 0.05) is 23.3 Å². The topological polar surface area (TPSA) is 195 Å². The molecule has 1 amide bonds. The van der Waals surface area contributed by atoms with Crippen LogP contribution in [-0.4, -0.2) is 84.7 Å². The highest BCUT2D eigenvalue weighted by atomic mass is 16.4. The summed E-state index contributed by atoms with van der Waals surface area (Å²) in [5.41, 5.74) is 2.01. The van der Waals surface area contributed by atoms with Gasteiger partial charge in [-0.3, -0.25) is 24.3 Å². The number of primary amides is 1. The summed E-state index contributed by atoms with van der Waals surface area (Å²) in [4.78, 5) is 44.8. The monoisotopic (exact) mass is 521 g/mol. The summed E-state index contributed by atoms with van der Waals surface area (Å²) in [6.45, 7) is 1.68. The number of aliphatic hydroxyl groups is 4. The molecule has 6 atom stereocenters. The van der Waals surface area contributed by atoms with E-state index in [-0.39, 0.29) is 16.9 Å². The normalized spacial score (nSPS) is 30.7. The molecule has 0 unspecified atom stereocenters. The first-order valence-electron chi connectivity index (χ1n) is 12.0. The zero-order chi connectivity index (χ0) is 27.8. The maximum atomic E-state index is 14.0. The van der Waals surface area contributed by atoms with Crippen molar-refractivity contribution in [3.63, 3.8) is 0 Å². The molecule has 0 spiro atoms. The van der Waals surface area contributed by atoms with Crippen LogP contribution >= 0.6 is 0 Å². The molecule has 1 aromatic carbocycles. The highest BCUT2D eigenvalue weighted by Gasteiger charge is 2.68. The molecular weight excluding hydrogens is 494 g/mol. The minimum Gasteiger partial charge on any atom is -0.508 e. The average Bonchev–Trinajstić information content (AvgIpc) is 2.86. The highest BCUT2D eigenvalue weighted by molar-refractivity contribution is 6.24. The Morgan fingerprint density at radius 3 is 2.37 bits per heavy atom. The predicted octanol–water partition coefficient (Wildman–Crippen LogP) is 0.558. The number of likely N-dealkylation sites (N-methyl/N-ethyl adjacent to an activating group) is 1. The Balaban J connectivity index is 1.79. The van der Waals surface area contributed by atoms with Crippen molar-refractivity contribution in [3.05, 3.63) is 64.6 Å². The molecule has 38 heavy (non-hydrogen) atoms. The van der Waals surface area contributed by atoms with E-state index in [9.17, 15) is 39.9 Å². The molecule has 5 rings (SSSR count). The number of fused-ring (bicyclic) bond motifs is 3. The van der Waals surface area contributed by atoms with E-state index >= 15 is 0 Å².